The number of nitrogens with zero attached hydrogens (tertiary/aromatic N) is 4. The Balaban J connectivity index is 1.86. The van der Waals surface area contributed by atoms with E-state index in [1.165, 1.54) is 6.07 Å². The molecule has 0 radical (unpaired) electrons. The van der Waals surface area contributed by atoms with Crippen molar-refractivity contribution >= 4 is 84.0 Å². The molecule has 0 aliphatic carbocycles. The predicted octanol–water partition coefficient (Wildman–Crippen LogP) is 6.08. The second kappa shape index (κ2) is 6.64. The van der Waals surface area contributed by atoms with Crippen molar-refractivity contribution in [2.45, 2.75) is 6.92 Å². The van der Waals surface area contributed by atoms with Crippen molar-refractivity contribution < 1.29 is 4.39 Å². The molecule has 0 bridgehead atoms. The van der Waals surface area contributed by atoms with Crippen molar-refractivity contribution in [2.75, 3.05) is 5.32 Å². The van der Waals surface area contributed by atoms with Crippen LogP contribution in [0.1, 0.15) is 5.69 Å². The van der Waals surface area contributed by atoms with Gasteiger partial charge in [0, 0.05) is 22.9 Å². The van der Waals surface area contributed by atoms with Crippen molar-refractivity contribution in [3.63, 3.8) is 0 Å². The third-order valence-corrected chi connectivity index (χ3v) is 6.30. The van der Waals surface area contributed by atoms with Crippen LogP contribution in [0.3, 0.4) is 0 Å². The van der Waals surface area contributed by atoms with Gasteiger partial charge in [-0.1, -0.05) is 27.5 Å². The highest BCUT2D eigenvalue weighted by Gasteiger charge is 2.16. The molecule has 1 atom stereocenters. The lowest BCUT2D eigenvalue weighted by Gasteiger charge is -2.06. The summed E-state index contributed by atoms with van der Waals surface area (Å²) in [5.41, 5.74) is 2.54. The van der Waals surface area contributed by atoms with E-state index in [9.17, 15) is 4.39 Å². The molecule has 0 fully saturated rings. The maximum Gasteiger partial charge on any atom is 0.173 e. The van der Waals surface area contributed by atoms with E-state index in [-0.39, 0.29) is 0 Å². The molecule has 25 heavy (non-hydrogen) atoms. The van der Waals surface area contributed by atoms with Crippen molar-refractivity contribution in [1.82, 2.24) is 18.9 Å². The maximum absolute atomic E-state index is 14.3. The van der Waals surface area contributed by atoms with Crippen LogP contribution in [0.2, 0.25) is 5.02 Å². The average molecular weight is 553 g/mol. The molecule has 0 spiro atoms. The first-order chi connectivity index (χ1) is 12.0. The zero-order valence-electron chi connectivity index (χ0n) is 12.7. The molecule has 5 nitrogen and oxygen atoms in total. The van der Waals surface area contributed by atoms with Crippen molar-refractivity contribution in [1.29, 1.82) is 0 Å². The highest BCUT2D eigenvalue weighted by molar-refractivity contribution is 14.2. The molecule has 1 N–H and O–H groups in total. The van der Waals surface area contributed by atoms with Crippen LogP contribution in [0.4, 0.5) is 15.9 Å². The molecule has 0 aliphatic rings. The topological polar surface area (TPSA) is 47.1 Å². The van der Waals surface area contributed by atoms with Gasteiger partial charge in [0.25, 0.3) is 0 Å². The van der Waals surface area contributed by atoms with Gasteiger partial charge in [-0.05, 0) is 41.1 Å². The zero-order valence-corrected chi connectivity index (χ0v) is 18.2. The molecule has 4 rings (SSSR count). The minimum atomic E-state index is -0.397. The molecular formula is C15H10BrClFIN5P. The minimum absolute atomic E-state index is 0.300. The summed E-state index contributed by atoms with van der Waals surface area (Å²) in [5.74, 6) is 0.193. The van der Waals surface area contributed by atoms with E-state index in [4.69, 9.17) is 11.6 Å². The molecule has 10 heteroatoms. The molecule has 0 amide bonds. The van der Waals surface area contributed by atoms with Gasteiger partial charge in [0.1, 0.15) is 0 Å². The Hall–Kier alpha value is -0.960. The third-order valence-electron chi connectivity index (χ3n) is 3.67. The summed E-state index contributed by atoms with van der Waals surface area (Å²) in [7, 11) is 0. The fourth-order valence-electron chi connectivity index (χ4n) is 2.70. The number of hydrogen-bond acceptors (Lipinski definition) is 3. The summed E-state index contributed by atoms with van der Waals surface area (Å²) in [6.45, 7) is 1.83. The fourth-order valence-corrected chi connectivity index (χ4v) is 5.09. The van der Waals surface area contributed by atoms with Crippen molar-refractivity contribution in [2.24, 2.45) is 0 Å². The number of rotatable bonds is 3. The smallest absolute Gasteiger partial charge is 0.173 e. The maximum atomic E-state index is 14.3. The van der Waals surface area contributed by atoms with Crippen molar-refractivity contribution in [3.05, 3.63) is 51.6 Å². The third kappa shape index (κ3) is 3.13. The Morgan fingerprint density at radius 1 is 1.32 bits per heavy atom. The Morgan fingerprint density at radius 3 is 2.88 bits per heavy atom. The van der Waals surface area contributed by atoms with Gasteiger partial charge in [-0.15, -0.1) is 5.10 Å². The van der Waals surface area contributed by atoms with Gasteiger partial charge in [0.2, 0.25) is 0 Å². The number of pyridine rings is 1. The molecule has 3 heterocycles. The van der Waals surface area contributed by atoms with Gasteiger partial charge >= 0.3 is 0 Å². The molecule has 1 unspecified atom stereocenters. The largest absolute Gasteiger partial charge is 0.337 e. The first kappa shape index (κ1) is 17.5. The Kier molecular flexibility index (Phi) is 4.64. The monoisotopic (exact) mass is 551 g/mol. The number of halogens is 4. The van der Waals surface area contributed by atoms with Gasteiger partial charge in [-0.25, -0.2) is 13.8 Å². The normalized spacial score (nSPS) is 12.0. The number of fused-ring (bicyclic) bond motifs is 2. The van der Waals surface area contributed by atoms with Crippen LogP contribution in [-0.4, -0.2) is 18.9 Å². The lowest BCUT2D eigenvalue weighted by molar-refractivity contribution is 0.630. The van der Waals surface area contributed by atoms with Crippen LogP contribution in [0.15, 0.2) is 35.1 Å². The zero-order chi connectivity index (χ0) is 17.7. The standard InChI is InChI=1S/C15H10BrClFIN5P/c1-7-5-23-6-9(4-11(18)15(23)20-7)21-14-13-10(17)2-8(16)3-12(13)24(22-14)25-19/h2-6,25H,1H3,(H,21,22). The van der Waals surface area contributed by atoms with Gasteiger partial charge < -0.3 is 9.72 Å². The van der Waals surface area contributed by atoms with E-state index in [0.717, 1.165) is 21.1 Å². The number of imidazole rings is 1. The van der Waals surface area contributed by atoms with Gasteiger partial charge in [0.05, 0.1) is 33.7 Å². The summed E-state index contributed by atoms with van der Waals surface area (Å²) >= 11 is 12.1. The second-order valence-electron chi connectivity index (χ2n) is 5.44. The van der Waals surface area contributed by atoms with Crippen LogP contribution in [0.5, 0.6) is 0 Å². The molecule has 0 aliphatic heterocycles. The summed E-state index contributed by atoms with van der Waals surface area (Å²) in [6, 6.07) is 5.19. The molecule has 4 aromatic rings. The molecule has 128 valence electrons. The summed E-state index contributed by atoms with van der Waals surface area (Å²) < 4.78 is 18.7. The van der Waals surface area contributed by atoms with E-state index in [1.54, 1.807) is 16.8 Å². The first-order valence-corrected chi connectivity index (χ1v) is 12.4. The summed E-state index contributed by atoms with van der Waals surface area (Å²) in [5, 5.41) is 9.14. The van der Waals surface area contributed by atoms with Gasteiger partial charge in [-0.3, -0.25) is 0 Å². The van der Waals surface area contributed by atoms with Crippen LogP contribution in [0.25, 0.3) is 16.6 Å². The van der Waals surface area contributed by atoms with E-state index in [1.807, 2.05) is 23.5 Å². The van der Waals surface area contributed by atoms with Crippen LogP contribution >= 0.6 is 55.9 Å². The van der Waals surface area contributed by atoms with E-state index >= 15 is 0 Å². The molecular weight excluding hydrogens is 542 g/mol. The molecule has 3 aromatic heterocycles. The minimum Gasteiger partial charge on any atom is -0.337 e. The van der Waals surface area contributed by atoms with Gasteiger partial charge in [-0.2, -0.15) is 0 Å². The Bertz CT molecular complexity index is 1130. The van der Waals surface area contributed by atoms with Crippen LogP contribution in [-0.2, 0) is 0 Å². The Morgan fingerprint density at radius 2 is 2.12 bits per heavy atom. The van der Waals surface area contributed by atoms with Crippen LogP contribution < -0.4 is 5.32 Å². The number of aryl methyl sites for hydroxylation is 1. The van der Waals surface area contributed by atoms with Crippen LogP contribution in [0, 0.1) is 12.7 Å². The Labute approximate surface area is 170 Å². The average Bonchev–Trinajstić information content (AvgIpc) is 3.07. The second-order valence-corrected chi connectivity index (χ2v) is 8.80. The van der Waals surface area contributed by atoms with Crippen molar-refractivity contribution in [3.8, 4) is 0 Å². The molecule has 0 saturated carbocycles. The predicted molar refractivity (Wildman–Crippen MR) is 113 cm³/mol. The van der Waals surface area contributed by atoms with Gasteiger partial charge in [0.15, 0.2) is 17.3 Å². The fraction of sp³-hybridized carbons (Fsp3) is 0.0667. The lowest BCUT2D eigenvalue weighted by Crippen LogP contribution is -1.97. The highest BCUT2D eigenvalue weighted by atomic mass is 127. The number of hydrogen-bond donors (Lipinski definition) is 1. The van der Waals surface area contributed by atoms with E-state index in [2.05, 4.69) is 53.4 Å². The van der Waals surface area contributed by atoms with E-state index in [0.29, 0.717) is 28.5 Å². The SMILES string of the molecule is Cc1cn2cc(Nc3nn(PI)c4cc(Br)cc(Cl)c34)cc(F)c2n1. The lowest BCUT2D eigenvalue weighted by atomic mass is 10.2. The summed E-state index contributed by atoms with van der Waals surface area (Å²) in [6.07, 6.45) is 3.96. The van der Waals surface area contributed by atoms with E-state index < -0.39 is 5.82 Å². The first-order valence-electron chi connectivity index (χ1n) is 7.12. The molecule has 1 aromatic carbocycles. The number of aromatic nitrogens is 4. The number of benzene rings is 1. The highest BCUT2D eigenvalue weighted by Crippen LogP contribution is 2.39. The summed E-state index contributed by atoms with van der Waals surface area (Å²) in [4.78, 5) is 4.17. The quantitative estimate of drug-likeness (QED) is 0.248. The number of anilines is 2. The molecule has 0 saturated heterocycles. The number of nitrogens with one attached hydrogen (secondary N) is 1.